The number of carbonyl (C=O) groups excluding carboxylic acids is 2. The molecule has 2 aromatic carbocycles. The molecule has 0 fully saturated rings. The van der Waals surface area contributed by atoms with Crippen molar-refractivity contribution >= 4 is 23.1 Å². The maximum Gasteiger partial charge on any atom is 0.254 e. The summed E-state index contributed by atoms with van der Waals surface area (Å²) in [6, 6.07) is 14.2. The maximum atomic E-state index is 14.3. The molecule has 184 valence electrons. The Morgan fingerprint density at radius 1 is 1.09 bits per heavy atom. The molecule has 1 heterocycles. The third-order valence-corrected chi connectivity index (χ3v) is 6.96. The Hall–Kier alpha value is -3.41. The first-order valence-electron chi connectivity index (χ1n) is 12.3. The summed E-state index contributed by atoms with van der Waals surface area (Å²) in [7, 11) is 0. The molecule has 35 heavy (non-hydrogen) atoms. The summed E-state index contributed by atoms with van der Waals surface area (Å²) in [5, 5.41) is 6.09. The molecule has 1 aliphatic heterocycles. The van der Waals surface area contributed by atoms with E-state index in [1.54, 1.807) is 12.1 Å². The lowest BCUT2D eigenvalue weighted by Crippen LogP contribution is -2.39. The summed E-state index contributed by atoms with van der Waals surface area (Å²) in [5.41, 5.74) is 4.57. The fourth-order valence-electron chi connectivity index (χ4n) is 5.29. The molecule has 1 amide bonds. The van der Waals surface area contributed by atoms with Crippen LogP contribution >= 0.6 is 0 Å². The maximum absolute atomic E-state index is 14.3. The second-order valence-corrected chi connectivity index (χ2v) is 10.1. The number of halogens is 1. The zero-order valence-electron chi connectivity index (χ0n) is 21.2. The topological polar surface area (TPSA) is 61.4 Å². The Morgan fingerprint density at radius 2 is 1.74 bits per heavy atom. The van der Waals surface area contributed by atoms with Crippen LogP contribution in [-0.2, 0) is 9.59 Å². The molecule has 2 N–H and O–H groups in total. The van der Waals surface area contributed by atoms with Gasteiger partial charge in [0.2, 0.25) is 0 Å². The van der Waals surface area contributed by atoms with Gasteiger partial charge in [0.1, 0.15) is 5.82 Å². The first-order valence-corrected chi connectivity index (χ1v) is 12.3. The van der Waals surface area contributed by atoms with Gasteiger partial charge in [-0.05, 0) is 62.4 Å². The van der Waals surface area contributed by atoms with E-state index in [-0.39, 0.29) is 16.9 Å². The van der Waals surface area contributed by atoms with Crippen molar-refractivity contribution < 1.29 is 14.0 Å². The lowest BCUT2D eigenvalue weighted by molar-refractivity contribution is -0.118. The van der Waals surface area contributed by atoms with E-state index in [0.717, 1.165) is 36.5 Å². The van der Waals surface area contributed by atoms with E-state index in [0.29, 0.717) is 23.3 Å². The van der Waals surface area contributed by atoms with Crippen LogP contribution in [0.3, 0.4) is 0 Å². The number of nitrogens with one attached hydrogen (secondary N) is 2. The number of benzene rings is 2. The van der Waals surface area contributed by atoms with Gasteiger partial charge < -0.3 is 15.5 Å². The van der Waals surface area contributed by atoms with Crippen molar-refractivity contribution in [3.05, 3.63) is 82.5 Å². The van der Waals surface area contributed by atoms with Gasteiger partial charge in [0.05, 0.1) is 5.69 Å². The first kappa shape index (κ1) is 24.7. The highest BCUT2D eigenvalue weighted by atomic mass is 19.1. The molecule has 5 nitrogen and oxygen atoms in total. The molecule has 1 aliphatic carbocycles. The highest BCUT2D eigenvalue weighted by molar-refractivity contribution is 6.10. The zero-order chi connectivity index (χ0) is 25.3. The minimum absolute atomic E-state index is 0.0465. The van der Waals surface area contributed by atoms with Crippen molar-refractivity contribution in [3.8, 4) is 0 Å². The van der Waals surface area contributed by atoms with Crippen molar-refractivity contribution in [3.63, 3.8) is 0 Å². The van der Waals surface area contributed by atoms with E-state index < -0.39 is 17.6 Å². The fourth-order valence-corrected chi connectivity index (χ4v) is 5.29. The number of rotatable bonds is 6. The molecule has 0 aromatic heterocycles. The number of nitrogens with zero attached hydrogens (tertiary/aromatic N) is 1. The molecule has 0 saturated carbocycles. The Labute approximate surface area is 207 Å². The molecule has 4 rings (SSSR count). The van der Waals surface area contributed by atoms with E-state index in [9.17, 15) is 14.0 Å². The number of ketones is 1. The van der Waals surface area contributed by atoms with Crippen molar-refractivity contribution in [2.45, 2.75) is 53.4 Å². The lowest BCUT2D eigenvalue weighted by atomic mass is 9.68. The van der Waals surface area contributed by atoms with Crippen molar-refractivity contribution in [2.24, 2.45) is 5.41 Å². The van der Waals surface area contributed by atoms with Gasteiger partial charge in [-0.3, -0.25) is 9.59 Å². The lowest BCUT2D eigenvalue weighted by Gasteiger charge is -2.39. The molecule has 0 unspecified atom stereocenters. The smallest absolute Gasteiger partial charge is 0.254 e. The number of Topliss-reactive ketones (excluding diaryl/α,β-unsaturated/α-hetero) is 1. The molecule has 0 spiro atoms. The molecule has 0 bridgehead atoms. The number of carbonyl (C=O) groups is 2. The van der Waals surface area contributed by atoms with Crippen LogP contribution in [0.4, 0.5) is 15.8 Å². The van der Waals surface area contributed by atoms with Gasteiger partial charge in [0.25, 0.3) is 5.91 Å². The fraction of sp³-hybridized carbons (Fsp3) is 0.379. The van der Waals surface area contributed by atoms with Crippen LogP contribution in [-0.4, -0.2) is 24.8 Å². The standard InChI is InChI=1S/C29H34FN3O2/c1-6-33(7-2)20-14-12-19(13-15-20)26-25(28(35)32-22-11-9-8-10-21(22)30)18(3)31-23-16-29(4,5)17-24(34)27(23)26/h8-15,26,31H,6-7,16-17H2,1-5H3,(H,32,35)/t26-/m0/s1. The van der Waals surface area contributed by atoms with Crippen LogP contribution < -0.4 is 15.5 Å². The Balaban J connectivity index is 1.80. The largest absolute Gasteiger partial charge is 0.372 e. The quantitative estimate of drug-likeness (QED) is 0.545. The van der Waals surface area contributed by atoms with E-state index >= 15 is 0 Å². The Kier molecular flexibility index (Phi) is 6.84. The van der Waals surface area contributed by atoms with Crippen molar-refractivity contribution in [1.29, 1.82) is 0 Å². The summed E-state index contributed by atoms with van der Waals surface area (Å²) < 4.78 is 14.3. The zero-order valence-corrected chi connectivity index (χ0v) is 21.2. The van der Waals surface area contributed by atoms with E-state index in [1.165, 1.54) is 12.1 Å². The van der Waals surface area contributed by atoms with Gasteiger partial charge in [0.15, 0.2) is 5.78 Å². The summed E-state index contributed by atoms with van der Waals surface area (Å²) >= 11 is 0. The molecular formula is C29H34FN3O2. The number of hydrogen-bond acceptors (Lipinski definition) is 4. The van der Waals surface area contributed by atoms with Gasteiger partial charge in [-0.15, -0.1) is 0 Å². The molecule has 2 aliphatic rings. The predicted molar refractivity (Wildman–Crippen MR) is 139 cm³/mol. The second kappa shape index (κ2) is 9.68. The van der Waals surface area contributed by atoms with E-state index in [1.807, 2.05) is 31.2 Å². The first-order chi connectivity index (χ1) is 16.6. The SMILES string of the molecule is CCN(CC)c1ccc([C@H]2C(C(=O)Nc3ccccc3F)=C(C)NC3=C2C(=O)CC(C)(C)C3)cc1. The number of amides is 1. The average molecular weight is 476 g/mol. The summed E-state index contributed by atoms with van der Waals surface area (Å²) in [6.45, 7) is 12.0. The summed E-state index contributed by atoms with van der Waals surface area (Å²) in [4.78, 5) is 29.3. The number of dihydropyridines is 1. The molecule has 1 atom stereocenters. The molecule has 2 aromatic rings. The molecule has 0 radical (unpaired) electrons. The van der Waals surface area contributed by atoms with Crippen molar-refractivity contribution in [1.82, 2.24) is 5.32 Å². The van der Waals surface area contributed by atoms with Crippen LogP contribution in [0.15, 0.2) is 71.1 Å². The molecular weight excluding hydrogens is 441 g/mol. The second-order valence-electron chi connectivity index (χ2n) is 10.1. The highest BCUT2D eigenvalue weighted by Crippen LogP contribution is 2.47. The van der Waals surface area contributed by atoms with Gasteiger partial charge >= 0.3 is 0 Å². The summed E-state index contributed by atoms with van der Waals surface area (Å²) in [6.07, 6.45) is 1.14. The number of hydrogen-bond donors (Lipinski definition) is 2. The van der Waals surface area contributed by atoms with Crippen LogP contribution in [0.25, 0.3) is 0 Å². The van der Waals surface area contributed by atoms with Gasteiger partial charge in [-0.2, -0.15) is 0 Å². The predicted octanol–water partition coefficient (Wildman–Crippen LogP) is 5.91. The Morgan fingerprint density at radius 3 is 2.37 bits per heavy atom. The van der Waals surface area contributed by atoms with Gasteiger partial charge in [-0.25, -0.2) is 4.39 Å². The van der Waals surface area contributed by atoms with E-state index in [4.69, 9.17) is 0 Å². The Bertz CT molecular complexity index is 1210. The normalized spacial score (nSPS) is 19.3. The van der Waals surface area contributed by atoms with Crippen LogP contribution in [0.5, 0.6) is 0 Å². The monoisotopic (exact) mass is 475 g/mol. The highest BCUT2D eigenvalue weighted by Gasteiger charge is 2.42. The average Bonchev–Trinajstić information content (AvgIpc) is 2.80. The minimum Gasteiger partial charge on any atom is -0.372 e. The van der Waals surface area contributed by atoms with E-state index in [2.05, 4.69) is 43.2 Å². The number of anilines is 2. The summed E-state index contributed by atoms with van der Waals surface area (Å²) in [5.74, 6) is -1.39. The molecule has 6 heteroatoms. The molecule has 0 saturated heterocycles. The third-order valence-electron chi connectivity index (χ3n) is 6.96. The van der Waals surface area contributed by atoms with Gasteiger partial charge in [0, 0.05) is 53.7 Å². The van der Waals surface area contributed by atoms with Crippen LogP contribution in [0, 0.1) is 11.2 Å². The number of para-hydroxylation sites is 1. The minimum atomic E-state index is -0.521. The van der Waals surface area contributed by atoms with Crippen molar-refractivity contribution in [2.75, 3.05) is 23.3 Å². The number of allylic oxidation sites excluding steroid dienone is 3. The van der Waals surface area contributed by atoms with Gasteiger partial charge in [-0.1, -0.05) is 38.1 Å². The van der Waals surface area contributed by atoms with Crippen LogP contribution in [0.2, 0.25) is 0 Å². The van der Waals surface area contributed by atoms with Crippen LogP contribution in [0.1, 0.15) is 58.9 Å². The third kappa shape index (κ3) is 4.88.